The number of carbonyl (C=O) groups excluding carboxylic acids is 1. The summed E-state index contributed by atoms with van der Waals surface area (Å²) in [5, 5.41) is 6.52. The van der Waals surface area contributed by atoms with Crippen molar-refractivity contribution in [2.45, 2.75) is 18.9 Å². The van der Waals surface area contributed by atoms with E-state index in [0.717, 1.165) is 25.9 Å². The van der Waals surface area contributed by atoms with Crippen molar-refractivity contribution in [3.63, 3.8) is 0 Å². The molecule has 0 radical (unpaired) electrons. The van der Waals surface area contributed by atoms with Crippen LogP contribution >= 0.6 is 11.6 Å². The minimum Gasteiger partial charge on any atom is -0.347 e. The standard InChI is InChI=1S/C11H14ClN3O/c12-10-5-1-4-9(15-10)11(16)14-8-3-2-6-13-7-8/h1,4-5,8,13H,2-3,6-7H2,(H,14,16). The molecule has 1 atom stereocenters. The lowest BCUT2D eigenvalue weighted by molar-refractivity contribution is 0.0925. The molecule has 1 aliphatic heterocycles. The number of halogens is 1. The number of nitrogens with zero attached hydrogens (tertiary/aromatic N) is 1. The van der Waals surface area contributed by atoms with E-state index in [1.165, 1.54) is 0 Å². The Kier molecular flexibility index (Phi) is 3.74. The molecule has 1 aromatic rings. The number of pyridine rings is 1. The third-order valence-corrected chi connectivity index (χ3v) is 2.79. The van der Waals surface area contributed by atoms with Crippen molar-refractivity contribution < 1.29 is 4.79 Å². The van der Waals surface area contributed by atoms with Crippen LogP contribution in [0.1, 0.15) is 23.3 Å². The van der Waals surface area contributed by atoms with Crippen LogP contribution in [0.15, 0.2) is 18.2 Å². The fourth-order valence-corrected chi connectivity index (χ4v) is 1.93. The zero-order chi connectivity index (χ0) is 11.4. The third-order valence-electron chi connectivity index (χ3n) is 2.58. The average molecular weight is 240 g/mol. The Morgan fingerprint density at radius 2 is 2.44 bits per heavy atom. The lowest BCUT2D eigenvalue weighted by Crippen LogP contribution is -2.45. The molecule has 1 amide bonds. The van der Waals surface area contributed by atoms with Crippen molar-refractivity contribution in [1.82, 2.24) is 15.6 Å². The maximum absolute atomic E-state index is 11.8. The van der Waals surface area contributed by atoms with Crippen molar-refractivity contribution in [3.05, 3.63) is 29.0 Å². The first kappa shape index (κ1) is 11.4. The first-order chi connectivity index (χ1) is 7.75. The highest BCUT2D eigenvalue weighted by Crippen LogP contribution is 2.06. The second-order valence-corrected chi connectivity index (χ2v) is 4.25. The molecule has 4 nitrogen and oxygen atoms in total. The van der Waals surface area contributed by atoms with Crippen LogP contribution in [-0.2, 0) is 0 Å². The molecule has 0 saturated carbocycles. The van der Waals surface area contributed by atoms with Gasteiger partial charge in [0.05, 0.1) is 0 Å². The van der Waals surface area contributed by atoms with E-state index in [0.29, 0.717) is 10.8 Å². The van der Waals surface area contributed by atoms with Crippen molar-refractivity contribution >= 4 is 17.5 Å². The van der Waals surface area contributed by atoms with Crippen LogP contribution in [0.2, 0.25) is 5.15 Å². The molecule has 0 aromatic carbocycles. The topological polar surface area (TPSA) is 54.0 Å². The fourth-order valence-electron chi connectivity index (χ4n) is 1.77. The van der Waals surface area contributed by atoms with Gasteiger partial charge in [0.1, 0.15) is 10.8 Å². The van der Waals surface area contributed by atoms with Gasteiger partial charge in [-0.15, -0.1) is 0 Å². The van der Waals surface area contributed by atoms with Gasteiger partial charge in [0.2, 0.25) is 0 Å². The van der Waals surface area contributed by atoms with Crippen molar-refractivity contribution in [2.75, 3.05) is 13.1 Å². The summed E-state index contributed by atoms with van der Waals surface area (Å²) >= 11 is 5.73. The van der Waals surface area contributed by atoms with Gasteiger partial charge >= 0.3 is 0 Å². The lowest BCUT2D eigenvalue weighted by Gasteiger charge is -2.23. The van der Waals surface area contributed by atoms with Crippen molar-refractivity contribution in [1.29, 1.82) is 0 Å². The monoisotopic (exact) mass is 239 g/mol. The highest BCUT2D eigenvalue weighted by Gasteiger charge is 2.16. The van der Waals surface area contributed by atoms with Crippen LogP contribution in [0.3, 0.4) is 0 Å². The summed E-state index contributed by atoms with van der Waals surface area (Å²) < 4.78 is 0. The molecule has 0 aliphatic carbocycles. The molecule has 2 N–H and O–H groups in total. The van der Waals surface area contributed by atoms with Crippen molar-refractivity contribution in [2.24, 2.45) is 0 Å². The van der Waals surface area contributed by atoms with Crippen molar-refractivity contribution in [3.8, 4) is 0 Å². The minimum absolute atomic E-state index is 0.156. The molecule has 1 saturated heterocycles. The highest BCUT2D eigenvalue weighted by atomic mass is 35.5. The fraction of sp³-hybridized carbons (Fsp3) is 0.455. The normalized spacial score (nSPS) is 20.4. The van der Waals surface area contributed by atoms with Crippen LogP contribution in [0.5, 0.6) is 0 Å². The summed E-state index contributed by atoms with van der Waals surface area (Å²) in [5.41, 5.74) is 0.373. The van der Waals surface area contributed by atoms with Crippen LogP contribution in [0.25, 0.3) is 0 Å². The first-order valence-electron chi connectivity index (χ1n) is 5.40. The number of piperidine rings is 1. The van der Waals surface area contributed by atoms with Gasteiger partial charge in [-0.05, 0) is 31.5 Å². The molecule has 1 fully saturated rings. The first-order valence-corrected chi connectivity index (χ1v) is 5.77. The number of aromatic nitrogens is 1. The van der Waals surface area contributed by atoms with Crippen LogP contribution in [0.4, 0.5) is 0 Å². The average Bonchev–Trinajstić information content (AvgIpc) is 2.30. The van der Waals surface area contributed by atoms with Crippen LogP contribution in [-0.4, -0.2) is 30.0 Å². The molecule has 1 aliphatic rings. The Bertz CT molecular complexity index is 377. The Morgan fingerprint density at radius 1 is 1.56 bits per heavy atom. The predicted octanol–water partition coefficient (Wildman–Crippen LogP) is 1.22. The molecule has 2 heterocycles. The van der Waals surface area contributed by atoms with E-state index in [9.17, 15) is 4.79 Å². The van der Waals surface area contributed by atoms with Gasteiger partial charge in [0.15, 0.2) is 0 Å². The number of amides is 1. The number of hydrogen-bond acceptors (Lipinski definition) is 3. The lowest BCUT2D eigenvalue weighted by atomic mass is 10.1. The van der Waals surface area contributed by atoms with Crippen LogP contribution < -0.4 is 10.6 Å². The summed E-state index contributed by atoms with van der Waals surface area (Å²) in [6.07, 6.45) is 2.10. The van der Waals surface area contributed by atoms with E-state index in [-0.39, 0.29) is 11.9 Å². The quantitative estimate of drug-likeness (QED) is 0.763. The van der Waals surface area contributed by atoms with Gasteiger partial charge in [-0.2, -0.15) is 0 Å². The summed E-state index contributed by atoms with van der Waals surface area (Å²) in [6, 6.07) is 5.24. The second kappa shape index (κ2) is 5.27. The van der Waals surface area contributed by atoms with Gasteiger partial charge in [-0.3, -0.25) is 4.79 Å². The van der Waals surface area contributed by atoms with Gasteiger partial charge in [-0.25, -0.2) is 4.98 Å². The van der Waals surface area contributed by atoms with E-state index in [1.807, 2.05) is 0 Å². The van der Waals surface area contributed by atoms with E-state index < -0.39 is 0 Å². The van der Waals surface area contributed by atoms with Gasteiger partial charge < -0.3 is 10.6 Å². The molecule has 0 bridgehead atoms. The molecule has 2 rings (SSSR count). The zero-order valence-electron chi connectivity index (χ0n) is 8.87. The summed E-state index contributed by atoms with van der Waals surface area (Å²) in [7, 11) is 0. The number of carbonyl (C=O) groups is 1. The maximum atomic E-state index is 11.8. The predicted molar refractivity (Wildman–Crippen MR) is 62.6 cm³/mol. The Labute approximate surface area is 99.4 Å². The largest absolute Gasteiger partial charge is 0.347 e. The van der Waals surface area contributed by atoms with Crippen LogP contribution in [0, 0.1) is 0 Å². The zero-order valence-corrected chi connectivity index (χ0v) is 9.63. The maximum Gasteiger partial charge on any atom is 0.270 e. The third kappa shape index (κ3) is 2.93. The summed E-state index contributed by atoms with van der Waals surface area (Å²) in [6.45, 7) is 1.86. The van der Waals surface area contributed by atoms with Gasteiger partial charge in [-0.1, -0.05) is 17.7 Å². The molecule has 5 heteroatoms. The minimum atomic E-state index is -0.156. The van der Waals surface area contributed by atoms with E-state index in [1.54, 1.807) is 18.2 Å². The molecule has 1 aromatic heterocycles. The highest BCUT2D eigenvalue weighted by molar-refractivity contribution is 6.29. The number of nitrogens with one attached hydrogen (secondary N) is 2. The molecule has 1 unspecified atom stereocenters. The van der Waals surface area contributed by atoms with Gasteiger partial charge in [0.25, 0.3) is 5.91 Å². The Balaban J connectivity index is 1.97. The van der Waals surface area contributed by atoms with E-state index in [4.69, 9.17) is 11.6 Å². The van der Waals surface area contributed by atoms with Gasteiger partial charge in [0, 0.05) is 12.6 Å². The second-order valence-electron chi connectivity index (χ2n) is 3.86. The molecular weight excluding hydrogens is 226 g/mol. The summed E-state index contributed by atoms with van der Waals surface area (Å²) in [4.78, 5) is 15.8. The number of rotatable bonds is 2. The Hall–Kier alpha value is -1.13. The van der Waals surface area contributed by atoms with E-state index >= 15 is 0 Å². The summed E-state index contributed by atoms with van der Waals surface area (Å²) in [5.74, 6) is -0.156. The number of hydrogen-bond donors (Lipinski definition) is 2. The molecule has 86 valence electrons. The molecule has 0 spiro atoms. The van der Waals surface area contributed by atoms with E-state index in [2.05, 4.69) is 15.6 Å². The molecule has 16 heavy (non-hydrogen) atoms. The Morgan fingerprint density at radius 3 is 3.12 bits per heavy atom. The molecular formula is C11H14ClN3O. The SMILES string of the molecule is O=C(NC1CCCNC1)c1cccc(Cl)n1. The smallest absolute Gasteiger partial charge is 0.270 e.